The van der Waals surface area contributed by atoms with Crippen LogP contribution in [0, 0.1) is 5.92 Å². The number of anilines is 2. The number of hydrogen-bond donors (Lipinski definition) is 4. The van der Waals surface area contributed by atoms with Gasteiger partial charge in [-0.3, -0.25) is 4.72 Å². The number of sulfonamides is 1. The Balaban J connectivity index is 1.51. The molecule has 2 atom stereocenters. The van der Waals surface area contributed by atoms with Crippen LogP contribution >= 0.6 is 11.5 Å². The molecule has 1 aliphatic rings. The summed E-state index contributed by atoms with van der Waals surface area (Å²) in [6.45, 7) is 3.11. The summed E-state index contributed by atoms with van der Waals surface area (Å²) in [7, 11) is -3.79. The van der Waals surface area contributed by atoms with Gasteiger partial charge in [0, 0.05) is 36.9 Å². The Morgan fingerprint density at radius 2 is 1.97 bits per heavy atom. The molecule has 0 amide bonds. The van der Waals surface area contributed by atoms with Crippen LogP contribution < -0.4 is 21.5 Å². The molecule has 2 heterocycles. The number of pyridine rings is 1. The summed E-state index contributed by atoms with van der Waals surface area (Å²) in [4.78, 5) is 8.49. The van der Waals surface area contributed by atoms with Crippen LogP contribution in [-0.2, 0) is 23.0 Å². The Morgan fingerprint density at radius 3 is 2.61 bits per heavy atom. The predicted octanol–water partition coefficient (Wildman–Crippen LogP) is 2.69. The van der Waals surface area contributed by atoms with Crippen molar-refractivity contribution in [3.8, 4) is 0 Å². The largest absolute Gasteiger partial charge is 0.369 e. The molecular formula is C22H29N7O2S2. The second-order valence-corrected chi connectivity index (χ2v) is 10.9. The zero-order valence-corrected chi connectivity index (χ0v) is 20.1. The van der Waals surface area contributed by atoms with Gasteiger partial charge in [-0.25, -0.2) is 18.4 Å². The second-order valence-electron chi connectivity index (χ2n) is 8.41. The van der Waals surface area contributed by atoms with Gasteiger partial charge in [-0.2, -0.15) is 4.37 Å². The molecule has 3 aromatic rings. The van der Waals surface area contributed by atoms with Crippen molar-refractivity contribution < 1.29 is 8.42 Å². The van der Waals surface area contributed by atoms with Crippen LogP contribution in [0.4, 0.5) is 10.9 Å². The Morgan fingerprint density at radius 1 is 1.21 bits per heavy atom. The van der Waals surface area contributed by atoms with Crippen LogP contribution in [0.1, 0.15) is 42.4 Å². The maximum Gasteiger partial charge on any atom is 0.265 e. The molecule has 9 nitrogen and oxygen atoms in total. The Labute approximate surface area is 198 Å². The molecule has 11 heteroatoms. The van der Waals surface area contributed by atoms with Gasteiger partial charge < -0.3 is 16.8 Å². The highest BCUT2D eigenvalue weighted by Gasteiger charge is 2.29. The first-order valence-corrected chi connectivity index (χ1v) is 13.2. The topological polar surface area (TPSA) is 149 Å². The zero-order valence-electron chi connectivity index (χ0n) is 18.4. The van der Waals surface area contributed by atoms with Crippen LogP contribution in [0.25, 0.3) is 0 Å². The smallest absolute Gasteiger partial charge is 0.265 e. The van der Waals surface area contributed by atoms with E-state index >= 15 is 0 Å². The van der Waals surface area contributed by atoms with Crippen molar-refractivity contribution in [1.82, 2.24) is 14.3 Å². The second kappa shape index (κ2) is 10.1. The Bertz CT molecular complexity index is 1180. The highest BCUT2D eigenvalue weighted by molar-refractivity contribution is 7.93. The van der Waals surface area contributed by atoms with Crippen LogP contribution in [-0.4, -0.2) is 35.3 Å². The highest BCUT2D eigenvalue weighted by atomic mass is 32.2. The van der Waals surface area contributed by atoms with Crippen molar-refractivity contribution in [1.29, 1.82) is 0 Å². The molecule has 176 valence electrons. The van der Waals surface area contributed by atoms with Crippen molar-refractivity contribution in [2.45, 2.75) is 49.6 Å². The maximum absolute atomic E-state index is 12.8. The van der Waals surface area contributed by atoms with E-state index in [-0.39, 0.29) is 22.0 Å². The lowest BCUT2D eigenvalue weighted by Crippen LogP contribution is -2.34. The lowest BCUT2D eigenvalue weighted by molar-refractivity contribution is 0.460. The van der Waals surface area contributed by atoms with Gasteiger partial charge >= 0.3 is 0 Å². The van der Waals surface area contributed by atoms with Gasteiger partial charge in [0.1, 0.15) is 17.0 Å². The summed E-state index contributed by atoms with van der Waals surface area (Å²) in [6, 6.07) is 9.82. The summed E-state index contributed by atoms with van der Waals surface area (Å²) >= 11 is 0.984. The molecule has 1 saturated carbocycles. The van der Waals surface area contributed by atoms with Gasteiger partial charge in [0.2, 0.25) is 5.13 Å². The summed E-state index contributed by atoms with van der Waals surface area (Å²) in [5.74, 6) is 1.18. The van der Waals surface area contributed by atoms with Crippen LogP contribution in [0.3, 0.4) is 0 Å². The maximum atomic E-state index is 12.8. The Kier molecular flexibility index (Phi) is 7.23. The Hall–Kier alpha value is -2.60. The number of aromatic nitrogens is 3. The van der Waals surface area contributed by atoms with Gasteiger partial charge in [-0.05, 0) is 60.8 Å². The molecule has 1 aromatic carbocycles. The van der Waals surface area contributed by atoms with Crippen LogP contribution in [0.15, 0.2) is 47.8 Å². The zero-order chi connectivity index (χ0) is 23.4. The molecule has 0 unspecified atom stereocenters. The lowest BCUT2D eigenvalue weighted by Gasteiger charge is -2.23. The number of hydrogen-bond acceptors (Lipinski definition) is 9. The predicted molar refractivity (Wildman–Crippen MR) is 131 cm³/mol. The van der Waals surface area contributed by atoms with Gasteiger partial charge in [0.05, 0.1) is 0 Å². The minimum Gasteiger partial charge on any atom is -0.369 e. The molecule has 33 heavy (non-hydrogen) atoms. The molecule has 2 aromatic heterocycles. The van der Waals surface area contributed by atoms with Crippen molar-refractivity contribution in [2.75, 3.05) is 16.6 Å². The molecule has 4 rings (SSSR count). The van der Waals surface area contributed by atoms with Crippen molar-refractivity contribution >= 4 is 32.5 Å². The molecule has 0 spiro atoms. The van der Waals surface area contributed by atoms with Gasteiger partial charge in [0.25, 0.3) is 10.0 Å². The number of nitrogens with zero attached hydrogens (tertiary/aromatic N) is 3. The summed E-state index contributed by atoms with van der Waals surface area (Å²) in [5.41, 5.74) is 15.4. The number of benzene rings is 1. The van der Waals surface area contributed by atoms with Gasteiger partial charge in [-0.15, -0.1) is 0 Å². The van der Waals surface area contributed by atoms with E-state index in [0.29, 0.717) is 24.8 Å². The van der Waals surface area contributed by atoms with Gasteiger partial charge in [0.15, 0.2) is 0 Å². The molecule has 1 aliphatic carbocycles. The van der Waals surface area contributed by atoms with E-state index in [4.69, 9.17) is 11.5 Å². The molecule has 1 fully saturated rings. The van der Waals surface area contributed by atoms with E-state index in [1.165, 1.54) is 18.1 Å². The average Bonchev–Trinajstić information content (AvgIpc) is 3.53. The minimum atomic E-state index is -3.79. The first kappa shape index (κ1) is 23.6. The number of nitrogens with one attached hydrogen (secondary N) is 2. The lowest BCUT2D eigenvalue weighted by atomic mass is 9.91. The fourth-order valence-electron chi connectivity index (χ4n) is 3.76. The van der Waals surface area contributed by atoms with E-state index in [1.54, 1.807) is 6.07 Å². The van der Waals surface area contributed by atoms with Crippen molar-refractivity contribution in [3.63, 3.8) is 0 Å². The van der Waals surface area contributed by atoms with Crippen LogP contribution in [0.2, 0.25) is 0 Å². The molecule has 0 radical (unpaired) electrons. The normalized spacial score (nSPS) is 15.7. The summed E-state index contributed by atoms with van der Waals surface area (Å²) in [6.07, 6.45) is 5.52. The van der Waals surface area contributed by atoms with E-state index in [1.807, 2.05) is 25.1 Å². The summed E-state index contributed by atoms with van der Waals surface area (Å²) < 4.78 is 31.8. The highest BCUT2D eigenvalue weighted by Crippen LogP contribution is 2.43. The van der Waals surface area contributed by atoms with Crippen molar-refractivity contribution in [2.24, 2.45) is 17.4 Å². The van der Waals surface area contributed by atoms with E-state index in [9.17, 15) is 8.42 Å². The first-order chi connectivity index (χ1) is 15.9. The average molecular weight is 488 g/mol. The van der Waals surface area contributed by atoms with Crippen molar-refractivity contribution in [3.05, 3.63) is 59.5 Å². The van der Waals surface area contributed by atoms with E-state index in [2.05, 4.69) is 30.4 Å². The molecular weight excluding hydrogens is 458 g/mol. The fraction of sp³-hybridized carbons (Fsp3) is 0.409. The van der Waals surface area contributed by atoms with Gasteiger partial charge in [-0.1, -0.05) is 24.3 Å². The van der Waals surface area contributed by atoms with E-state index < -0.39 is 10.0 Å². The SMILES string of the molecule is C[C@@H](N)[C@H](CNc1ncc(S(=O)(=O)Nc2ncns2)cc1C1CC1)Cc1ccccc1CN. The fourth-order valence-corrected chi connectivity index (χ4v) is 5.40. The quantitative estimate of drug-likeness (QED) is 0.322. The number of nitrogens with two attached hydrogens (primary N) is 2. The van der Waals surface area contributed by atoms with E-state index in [0.717, 1.165) is 41.9 Å². The first-order valence-electron chi connectivity index (χ1n) is 10.9. The molecule has 0 bridgehead atoms. The third kappa shape index (κ3) is 5.85. The standard InChI is InChI=1S/C22H29N7O2S2/c1-14(24)18(8-16-4-2-3-5-17(16)10-23)11-25-21-20(15-6-7-15)9-19(12-26-21)33(30,31)29-22-27-13-28-32-22/h2-5,9,12-15,18H,6-8,10-11,23-24H2,1H3,(H,25,26)(H,27,28,29)/t14-,18+/m1/s1. The third-order valence-electron chi connectivity index (χ3n) is 5.90. The third-order valence-corrected chi connectivity index (χ3v) is 7.91. The molecule has 6 N–H and O–H groups in total. The monoisotopic (exact) mass is 487 g/mol. The summed E-state index contributed by atoms with van der Waals surface area (Å²) in [5, 5.41) is 3.66. The molecule has 0 saturated heterocycles. The minimum absolute atomic E-state index is 0.0385. The van der Waals surface area contributed by atoms with Crippen LogP contribution in [0.5, 0.6) is 0 Å². The molecule has 0 aliphatic heterocycles. The number of rotatable bonds is 11.